The van der Waals surface area contributed by atoms with Crippen molar-refractivity contribution in [3.63, 3.8) is 0 Å². The van der Waals surface area contributed by atoms with Crippen LogP contribution in [0.2, 0.25) is 0 Å². The third-order valence-corrected chi connectivity index (χ3v) is 2.86. The number of aliphatic hydroxyl groups is 2. The quantitative estimate of drug-likeness (QED) is 0.768. The van der Waals surface area contributed by atoms with E-state index in [0.717, 1.165) is 0 Å². The van der Waals surface area contributed by atoms with Crippen LogP contribution >= 0.6 is 0 Å². The lowest BCUT2D eigenvalue weighted by Gasteiger charge is -2.23. The summed E-state index contributed by atoms with van der Waals surface area (Å²) in [5.41, 5.74) is 0.490. The molecule has 6 nitrogen and oxygen atoms in total. The van der Waals surface area contributed by atoms with Gasteiger partial charge in [-0.1, -0.05) is 24.3 Å². The number of alkyl carbamates (subject to hydrolysis) is 1. The zero-order valence-corrected chi connectivity index (χ0v) is 13.0. The number of nitrogens with one attached hydrogen (secondary N) is 1. The second-order valence-corrected chi connectivity index (χ2v) is 5.93. The molecule has 0 fully saturated rings. The van der Waals surface area contributed by atoms with Gasteiger partial charge in [0.15, 0.2) is 0 Å². The molecule has 1 amide bonds. The molecule has 2 atom stereocenters. The number of carbonyl (C=O) groups is 1. The van der Waals surface area contributed by atoms with Gasteiger partial charge in [-0.3, -0.25) is 0 Å². The molecule has 0 heterocycles. The van der Waals surface area contributed by atoms with Crippen LogP contribution in [0, 0.1) is 11.3 Å². The van der Waals surface area contributed by atoms with Gasteiger partial charge in [-0.05, 0) is 31.9 Å². The van der Waals surface area contributed by atoms with Crippen LogP contribution in [0.25, 0.3) is 0 Å². The Hall–Kier alpha value is -2.10. The van der Waals surface area contributed by atoms with E-state index in [1.807, 2.05) is 6.07 Å². The van der Waals surface area contributed by atoms with Gasteiger partial charge in [0.25, 0.3) is 0 Å². The molecule has 1 aromatic carbocycles. The Kier molecular flexibility index (Phi) is 6.35. The van der Waals surface area contributed by atoms with Gasteiger partial charge in [-0.15, -0.1) is 0 Å². The number of aliphatic hydroxyl groups excluding tert-OH is 2. The van der Waals surface area contributed by atoms with E-state index in [-0.39, 0.29) is 13.0 Å². The molecule has 1 aromatic rings. The predicted octanol–water partition coefficient (Wildman–Crippen LogP) is 1.67. The van der Waals surface area contributed by atoms with E-state index in [4.69, 9.17) is 10.00 Å². The zero-order valence-electron chi connectivity index (χ0n) is 13.0. The van der Waals surface area contributed by atoms with Gasteiger partial charge in [-0.2, -0.15) is 5.26 Å². The number of carbonyl (C=O) groups excluding carboxylic acids is 1. The summed E-state index contributed by atoms with van der Waals surface area (Å²) in [5.74, 6) is 0. The molecular weight excluding hydrogens is 284 g/mol. The van der Waals surface area contributed by atoms with Crippen LogP contribution < -0.4 is 5.32 Å². The van der Waals surface area contributed by atoms with E-state index >= 15 is 0 Å². The van der Waals surface area contributed by atoms with Gasteiger partial charge in [0.1, 0.15) is 17.8 Å². The smallest absolute Gasteiger partial charge is 0.407 e. The minimum absolute atomic E-state index is 0.138. The average molecular weight is 306 g/mol. The Morgan fingerprint density at radius 2 is 2.00 bits per heavy atom. The predicted molar refractivity (Wildman–Crippen MR) is 81.0 cm³/mol. The lowest BCUT2D eigenvalue weighted by molar-refractivity contribution is 0.0126. The molecule has 2 unspecified atom stereocenters. The Morgan fingerprint density at radius 1 is 1.36 bits per heavy atom. The molecule has 0 saturated carbocycles. The summed E-state index contributed by atoms with van der Waals surface area (Å²) in [6, 6.07) is 8.85. The van der Waals surface area contributed by atoms with E-state index in [9.17, 15) is 15.0 Å². The monoisotopic (exact) mass is 306 g/mol. The van der Waals surface area contributed by atoms with Gasteiger partial charge in [0, 0.05) is 6.54 Å². The highest BCUT2D eigenvalue weighted by atomic mass is 16.6. The summed E-state index contributed by atoms with van der Waals surface area (Å²) in [6.45, 7) is 5.04. The van der Waals surface area contributed by atoms with Gasteiger partial charge >= 0.3 is 6.09 Å². The average Bonchev–Trinajstić information content (AvgIpc) is 2.43. The molecule has 0 spiro atoms. The molecule has 0 aliphatic rings. The molecule has 3 N–H and O–H groups in total. The summed E-state index contributed by atoms with van der Waals surface area (Å²) in [6.07, 6.45) is -2.92. The first kappa shape index (κ1) is 18.0. The topological polar surface area (TPSA) is 103 Å². The lowest BCUT2D eigenvalue weighted by atomic mass is 9.97. The fraction of sp³-hybridized carbons (Fsp3) is 0.500. The van der Waals surface area contributed by atoms with E-state index in [0.29, 0.717) is 11.1 Å². The first-order valence-electron chi connectivity index (χ1n) is 7.02. The lowest BCUT2D eigenvalue weighted by Crippen LogP contribution is -2.39. The maximum absolute atomic E-state index is 11.5. The summed E-state index contributed by atoms with van der Waals surface area (Å²) in [5, 5.41) is 31.4. The number of nitrogens with zero attached hydrogens (tertiary/aromatic N) is 1. The highest BCUT2D eigenvalue weighted by Gasteiger charge is 2.23. The summed E-state index contributed by atoms with van der Waals surface area (Å²) in [7, 11) is 0. The molecule has 0 aromatic heterocycles. The van der Waals surface area contributed by atoms with Gasteiger partial charge in [-0.25, -0.2) is 4.79 Å². The van der Waals surface area contributed by atoms with Crippen molar-refractivity contribution in [2.75, 3.05) is 6.54 Å². The number of ether oxygens (including phenoxy) is 1. The Balaban J connectivity index is 2.64. The molecule has 0 bridgehead atoms. The number of nitriles is 1. The SMILES string of the molecule is CC(C)(C)OC(=O)NCC(O)C(O)c1ccccc1CC#N. The molecule has 1 rings (SSSR count). The molecule has 120 valence electrons. The molecule has 0 saturated heterocycles. The van der Waals surface area contributed by atoms with Gasteiger partial charge < -0.3 is 20.3 Å². The summed E-state index contributed by atoms with van der Waals surface area (Å²) in [4.78, 5) is 11.5. The van der Waals surface area contributed by atoms with Crippen LogP contribution in [-0.4, -0.2) is 34.6 Å². The number of rotatable bonds is 5. The van der Waals surface area contributed by atoms with E-state index in [1.54, 1.807) is 45.0 Å². The van der Waals surface area contributed by atoms with Crippen molar-refractivity contribution in [3.05, 3.63) is 35.4 Å². The standard InChI is InChI=1S/C16H22N2O4/c1-16(2,3)22-15(21)18-10-13(19)14(20)12-7-5-4-6-11(12)8-9-17/h4-7,13-14,19-20H,8,10H2,1-3H3,(H,18,21). The second-order valence-electron chi connectivity index (χ2n) is 5.93. The maximum Gasteiger partial charge on any atom is 0.407 e. The molecule has 0 aliphatic carbocycles. The van der Waals surface area contributed by atoms with Crippen molar-refractivity contribution in [2.24, 2.45) is 0 Å². The fourth-order valence-corrected chi connectivity index (χ4v) is 1.89. The van der Waals surface area contributed by atoms with Crippen LogP contribution in [-0.2, 0) is 11.2 Å². The van der Waals surface area contributed by atoms with E-state index in [2.05, 4.69) is 5.32 Å². The number of hydrogen-bond acceptors (Lipinski definition) is 5. The first-order valence-corrected chi connectivity index (χ1v) is 7.02. The molecule has 6 heteroatoms. The number of amides is 1. The maximum atomic E-state index is 11.5. The third kappa shape index (κ3) is 5.72. The fourth-order valence-electron chi connectivity index (χ4n) is 1.89. The largest absolute Gasteiger partial charge is 0.444 e. The van der Waals surface area contributed by atoms with Crippen molar-refractivity contribution in [1.29, 1.82) is 5.26 Å². The normalized spacial score (nSPS) is 13.8. The van der Waals surface area contributed by atoms with Crippen molar-refractivity contribution in [3.8, 4) is 6.07 Å². The van der Waals surface area contributed by atoms with Crippen LogP contribution in [0.15, 0.2) is 24.3 Å². The first-order chi connectivity index (χ1) is 10.2. The highest BCUT2D eigenvalue weighted by Crippen LogP contribution is 2.21. The minimum Gasteiger partial charge on any atom is -0.444 e. The van der Waals surface area contributed by atoms with Crippen LogP contribution in [0.3, 0.4) is 0 Å². The summed E-state index contributed by atoms with van der Waals surface area (Å²) < 4.78 is 5.05. The Morgan fingerprint density at radius 3 is 2.59 bits per heavy atom. The zero-order chi connectivity index (χ0) is 16.8. The van der Waals surface area contributed by atoms with Crippen LogP contribution in [0.1, 0.15) is 38.0 Å². The second kappa shape index (κ2) is 7.78. The molecule has 22 heavy (non-hydrogen) atoms. The third-order valence-electron chi connectivity index (χ3n) is 2.86. The Bertz CT molecular complexity index is 546. The van der Waals surface area contributed by atoms with Crippen molar-refractivity contribution >= 4 is 6.09 Å². The summed E-state index contributed by atoms with van der Waals surface area (Å²) >= 11 is 0. The van der Waals surface area contributed by atoms with E-state index < -0.39 is 23.9 Å². The van der Waals surface area contributed by atoms with Gasteiger partial charge in [0.2, 0.25) is 0 Å². The van der Waals surface area contributed by atoms with E-state index in [1.165, 1.54) is 0 Å². The van der Waals surface area contributed by atoms with Crippen molar-refractivity contribution in [1.82, 2.24) is 5.32 Å². The van der Waals surface area contributed by atoms with Gasteiger partial charge in [0.05, 0.1) is 12.5 Å². The minimum atomic E-state index is -1.20. The highest BCUT2D eigenvalue weighted by molar-refractivity contribution is 5.67. The van der Waals surface area contributed by atoms with Crippen LogP contribution in [0.4, 0.5) is 4.79 Å². The van der Waals surface area contributed by atoms with Crippen molar-refractivity contribution < 1.29 is 19.7 Å². The van der Waals surface area contributed by atoms with Crippen molar-refractivity contribution in [2.45, 2.75) is 45.0 Å². The Labute approximate surface area is 130 Å². The van der Waals surface area contributed by atoms with Crippen LogP contribution in [0.5, 0.6) is 0 Å². The molecular formula is C16H22N2O4. The number of benzene rings is 1. The number of hydrogen-bond donors (Lipinski definition) is 3. The molecule has 0 aliphatic heterocycles. The molecule has 0 radical (unpaired) electrons.